The van der Waals surface area contributed by atoms with Gasteiger partial charge in [-0.3, -0.25) is 4.79 Å². The van der Waals surface area contributed by atoms with E-state index in [2.05, 4.69) is 52.0 Å². The minimum Gasteiger partial charge on any atom is -0.356 e. The van der Waals surface area contributed by atoms with Gasteiger partial charge in [0, 0.05) is 34.4 Å². The second-order valence-electron chi connectivity index (χ2n) is 5.47. The number of anilines is 2. The molecule has 7 heteroatoms. The largest absolute Gasteiger partial charge is 0.356 e. The molecule has 1 atom stereocenters. The van der Waals surface area contributed by atoms with Crippen molar-refractivity contribution in [3.8, 4) is 0 Å². The van der Waals surface area contributed by atoms with Crippen molar-refractivity contribution in [1.82, 2.24) is 9.97 Å². The molecule has 0 bridgehead atoms. The summed E-state index contributed by atoms with van der Waals surface area (Å²) in [7, 11) is 0. The molecule has 0 aliphatic carbocycles. The summed E-state index contributed by atoms with van der Waals surface area (Å²) in [6, 6.07) is 7.60. The number of carbonyl (C=O) groups is 1. The molecule has 23 heavy (non-hydrogen) atoms. The van der Waals surface area contributed by atoms with Crippen LogP contribution in [0.15, 0.2) is 45.6 Å². The number of hydrogen-bond acceptors (Lipinski definition) is 4. The summed E-state index contributed by atoms with van der Waals surface area (Å²) >= 11 is 6.73. The Morgan fingerprint density at radius 1 is 1.13 bits per heavy atom. The molecule has 5 nitrogen and oxygen atoms in total. The fourth-order valence-corrected chi connectivity index (χ4v) is 3.10. The number of rotatable bonds is 3. The Kier molecular flexibility index (Phi) is 5.27. The Morgan fingerprint density at radius 2 is 1.87 bits per heavy atom. The lowest BCUT2D eigenvalue weighted by Gasteiger charge is -2.32. The molecule has 3 rings (SSSR count). The highest BCUT2D eigenvalue weighted by atomic mass is 79.9. The van der Waals surface area contributed by atoms with Crippen LogP contribution in [0.3, 0.4) is 0 Å². The Labute approximate surface area is 151 Å². The van der Waals surface area contributed by atoms with Crippen LogP contribution >= 0.6 is 31.9 Å². The van der Waals surface area contributed by atoms with E-state index in [0.29, 0.717) is 12.4 Å². The third kappa shape index (κ3) is 4.29. The maximum atomic E-state index is 12.5. The number of aromatic nitrogens is 2. The summed E-state index contributed by atoms with van der Waals surface area (Å²) in [5.74, 6) is 1.45. The predicted molar refractivity (Wildman–Crippen MR) is 97.4 cm³/mol. The van der Waals surface area contributed by atoms with Crippen molar-refractivity contribution in [2.24, 2.45) is 5.92 Å². The number of amides is 1. The number of pyridine rings is 2. The molecule has 3 heterocycles. The van der Waals surface area contributed by atoms with E-state index in [1.807, 2.05) is 18.2 Å². The third-order valence-electron chi connectivity index (χ3n) is 3.81. The summed E-state index contributed by atoms with van der Waals surface area (Å²) in [5.41, 5.74) is 0. The first-order valence-electron chi connectivity index (χ1n) is 7.41. The monoisotopic (exact) mass is 438 g/mol. The highest BCUT2D eigenvalue weighted by molar-refractivity contribution is 9.10. The molecule has 0 aromatic carbocycles. The zero-order valence-electron chi connectivity index (χ0n) is 12.4. The van der Waals surface area contributed by atoms with Gasteiger partial charge < -0.3 is 10.2 Å². The number of hydrogen-bond donors (Lipinski definition) is 1. The maximum absolute atomic E-state index is 12.5. The smallest absolute Gasteiger partial charge is 0.230 e. The number of piperidine rings is 1. The first kappa shape index (κ1) is 16.4. The van der Waals surface area contributed by atoms with Crippen LogP contribution in [0.2, 0.25) is 0 Å². The van der Waals surface area contributed by atoms with Crippen molar-refractivity contribution in [1.29, 1.82) is 0 Å². The summed E-state index contributed by atoms with van der Waals surface area (Å²) in [4.78, 5) is 23.2. The molecule has 1 N–H and O–H groups in total. The van der Waals surface area contributed by atoms with Crippen molar-refractivity contribution in [3.63, 3.8) is 0 Å². The standard InChI is InChI=1S/C16H16Br2N4O/c17-12-3-5-14(19-8-12)21-16(23)11-2-1-7-22(10-11)15-6-4-13(18)9-20-15/h3-6,8-9,11H,1-2,7,10H2,(H,19,21,23). The van der Waals surface area contributed by atoms with Gasteiger partial charge in [-0.1, -0.05) is 0 Å². The number of nitrogens with zero attached hydrogens (tertiary/aromatic N) is 3. The van der Waals surface area contributed by atoms with Gasteiger partial charge in [-0.2, -0.15) is 0 Å². The van der Waals surface area contributed by atoms with E-state index >= 15 is 0 Å². The topological polar surface area (TPSA) is 58.1 Å². The average Bonchev–Trinajstić information content (AvgIpc) is 2.58. The lowest BCUT2D eigenvalue weighted by Crippen LogP contribution is -2.41. The fraction of sp³-hybridized carbons (Fsp3) is 0.312. The van der Waals surface area contributed by atoms with Crippen LogP contribution in [0.5, 0.6) is 0 Å². The highest BCUT2D eigenvalue weighted by Crippen LogP contribution is 2.23. The molecular formula is C16H16Br2N4O. The molecule has 1 unspecified atom stereocenters. The van der Waals surface area contributed by atoms with E-state index in [9.17, 15) is 4.79 Å². The van der Waals surface area contributed by atoms with Gasteiger partial charge in [0.25, 0.3) is 0 Å². The van der Waals surface area contributed by atoms with Gasteiger partial charge in [-0.25, -0.2) is 9.97 Å². The SMILES string of the molecule is O=C(Nc1ccc(Br)cn1)C1CCCN(c2ccc(Br)cn2)C1. The number of nitrogens with one attached hydrogen (secondary N) is 1. The maximum Gasteiger partial charge on any atom is 0.230 e. The predicted octanol–water partition coefficient (Wildman–Crippen LogP) is 3.86. The van der Waals surface area contributed by atoms with Crippen LogP contribution < -0.4 is 10.2 Å². The van der Waals surface area contributed by atoms with Crippen molar-refractivity contribution in [3.05, 3.63) is 45.6 Å². The molecule has 2 aromatic rings. The summed E-state index contributed by atoms with van der Waals surface area (Å²) in [6.07, 6.45) is 5.32. The number of halogens is 2. The quantitative estimate of drug-likeness (QED) is 0.788. The van der Waals surface area contributed by atoms with E-state index in [4.69, 9.17) is 0 Å². The molecule has 1 saturated heterocycles. The van der Waals surface area contributed by atoms with Gasteiger partial charge >= 0.3 is 0 Å². The summed E-state index contributed by atoms with van der Waals surface area (Å²) in [5, 5.41) is 2.89. The third-order valence-corrected chi connectivity index (χ3v) is 4.74. The molecule has 1 aliphatic heterocycles. The molecule has 0 spiro atoms. The molecular weight excluding hydrogens is 424 g/mol. The molecule has 1 fully saturated rings. The molecule has 1 aliphatic rings. The Balaban J connectivity index is 1.64. The lowest BCUT2D eigenvalue weighted by molar-refractivity contribution is -0.120. The Hall–Kier alpha value is -1.47. The van der Waals surface area contributed by atoms with Crippen LogP contribution in [-0.2, 0) is 4.79 Å². The van der Waals surface area contributed by atoms with Crippen LogP contribution in [0.1, 0.15) is 12.8 Å². The van der Waals surface area contributed by atoms with Gasteiger partial charge in [0.1, 0.15) is 11.6 Å². The fourth-order valence-electron chi connectivity index (χ4n) is 2.63. The average molecular weight is 440 g/mol. The van der Waals surface area contributed by atoms with Crippen molar-refractivity contribution in [2.75, 3.05) is 23.3 Å². The molecule has 1 amide bonds. The zero-order chi connectivity index (χ0) is 16.2. The van der Waals surface area contributed by atoms with E-state index < -0.39 is 0 Å². The van der Waals surface area contributed by atoms with Gasteiger partial charge in [0.15, 0.2) is 0 Å². The second kappa shape index (κ2) is 7.40. The van der Waals surface area contributed by atoms with Gasteiger partial charge in [-0.05, 0) is 69.0 Å². The first-order chi connectivity index (χ1) is 11.1. The number of carbonyl (C=O) groups excluding carboxylic acids is 1. The Morgan fingerprint density at radius 3 is 2.52 bits per heavy atom. The van der Waals surface area contributed by atoms with Crippen LogP contribution in [0.4, 0.5) is 11.6 Å². The first-order valence-corrected chi connectivity index (χ1v) is 8.99. The summed E-state index contributed by atoms with van der Waals surface area (Å²) in [6.45, 7) is 1.60. The normalized spacial score (nSPS) is 17.8. The molecule has 0 saturated carbocycles. The lowest BCUT2D eigenvalue weighted by atomic mass is 9.97. The highest BCUT2D eigenvalue weighted by Gasteiger charge is 2.26. The molecule has 2 aromatic heterocycles. The van der Waals surface area contributed by atoms with Crippen LogP contribution in [0, 0.1) is 5.92 Å². The second-order valence-corrected chi connectivity index (χ2v) is 7.30. The molecule has 120 valence electrons. The molecule has 0 radical (unpaired) electrons. The van der Waals surface area contributed by atoms with E-state index in [1.54, 1.807) is 18.5 Å². The van der Waals surface area contributed by atoms with Gasteiger partial charge in [-0.15, -0.1) is 0 Å². The minimum atomic E-state index is -0.0559. The van der Waals surface area contributed by atoms with Crippen molar-refractivity contribution in [2.45, 2.75) is 12.8 Å². The van der Waals surface area contributed by atoms with Gasteiger partial charge in [0.2, 0.25) is 5.91 Å². The van der Waals surface area contributed by atoms with Crippen molar-refractivity contribution >= 4 is 49.4 Å². The van der Waals surface area contributed by atoms with E-state index in [-0.39, 0.29) is 11.8 Å². The van der Waals surface area contributed by atoms with Gasteiger partial charge in [0.05, 0.1) is 5.92 Å². The minimum absolute atomic E-state index is 0.0154. The Bertz CT molecular complexity index is 675. The van der Waals surface area contributed by atoms with Crippen LogP contribution in [0.25, 0.3) is 0 Å². The van der Waals surface area contributed by atoms with Crippen LogP contribution in [-0.4, -0.2) is 29.0 Å². The summed E-state index contributed by atoms with van der Waals surface area (Å²) < 4.78 is 1.84. The zero-order valence-corrected chi connectivity index (χ0v) is 15.5. The van der Waals surface area contributed by atoms with E-state index in [1.165, 1.54) is 0 Å². The van der Waals surface area contributed by atoms with Crippen molar-refractivity contribution < 1.29 is 4.79 Å². The van der Waals surface area contributed by atoms with E-state index in [0.717, 1.165) is 34.1 Å².